The van der Waals surface area contributed by atoms with E-state index in [2.05, 4.69) is 16.0 Å². The molecule has 0 radical (unpaired) electrons. The Hall–Kier alpha value is -4.17. The van der Waals surface area contributed by atoms with Crippen LogP contribution in [0.15, 0.2) is 91.0 Å². The molecule has 0 aromatic heterocycles. The minimum atomic E-state index is -1.62. The first-order chi connectivity index (χ1) is 18.8. The van der Waals surface area contributed by atoms with Crippen molar-refractivity contribution in [2.75, 3.05) is 0 Å². The van der Waals surface area contributed by atoms with E-state index in [0.717, 1.165) is 16.7 Å². The Morgan fingerprint density at radius 3 is 2.00 bits per heavy atom. The molecule has 39 heavy (non-hydrogen) atoms. The zero-order valence-electron chi connectivity index (χ0n) is 22.2. The fourth-order valence-corrected chi connectivity index (χ4v) is 4.89. The van der Waals surface area contributed by atoms with Gasteiger partial charge in [-0.05, 0) is 29.0 Å². The third-order valence-corrected chi connectivity index (χ3v) is 7.01. The third-order valence-electron chi connectivity index (χ3n) is 7.01. The average Bonchev–Trinajstić information content (AvgIpc) is 3.15. The largest absolute Gasteiger partial charge is 0.445 e. The topological polar surface area (TPSA) is 117 Å². The summed E-state index contributed by atoms with van der Waals surface area (Å²) in [6.07, 6.45) is -1.48. The Bertz CT molecular complexity index is 1250. The molecule has 1 aliphatic rings. The molecule has 1 fully saturated rings. The van der Waals surface area contributed by atoms with Crippen LogP contribution in [0, 0.1) is 5.92 Å². The number of hydrogen-bond donors (Lipinski definition) is 4. The standard InChI is InChI=1S/C31H35N3O5/c1-21(2)26(33-30(38)39-20-24-16-10-5-11-17-24)28(36)34-31(19-23-14-8-4-9-15-23)27(35)25(32-29(31)37)18-22-12-6-3-7-13-22/h3-17,21,25-27,35H,18-20H2,1-2H3,(H,32,37)(H,33,38)(H,34,36)/t25-,26-,27?,31-/m0/s1. The summed E-state index contributed by atoms with van der Waals surface area (Å²) in [4.78, 5) is 39.7. The molecule has 4 N–H and O–H groups in total. The van der Waals surface area contributed by atoms with E-state index in [1.807, 2.05) is 91.0 Å². The van der Waals surface area contributed by atoms with Crippen LogP contribution in [0.3, 0.4) is 0 Å². The lowest BCUT2D eigenvalue weighted by atomic mass is 9.83. The number of ether oxygens (including phenoxy) is 1. The molecule has 8 nitrogen and oxygen atoms in total. The minimum absolute atomic E-state index is 0.0549. The number of benzene rings is 3. The molecule has 204 valence electrons. The zero-order valence-corrected chi connectivity index (χ0v) is 22.2. The molecule has 0 spiro atoms. The first-order valence-electron chi connectivity index (χ1n) is 13.1. The molecule has 4 atom stereocenters. The van der Waals surface area contributed by atoms with Crippen molar-refractivity contribution in [3.8, 4) is 0 Å². The van der Waals surface area contributed by atoms with Crippen LogP contribution in [0.25, 0.3) is 0 Å². The van der Waals surface area contributed by atoms with Crippen molar-refractivity contribution < 1.29 is 24.2 Å². The van der Waals surface area contributed by atoms with Gasteiger partial charge in [-0.3, -0.25) is 9.59 Å². The maximum atomic E-state index is 13.6. The molecule has 3 aromatic carbocycles. The van der Waals surface area contributed by atoms with E-state index in [1.54, 1.807) is 13.8 Å². The van der Waals surface area contributed by atoms with Crippen LogP contribution in [0.2, 0.25) is 0 Å². The molecule has 1 unspecified atom stereocenters. The van der Waals surface area contributed by atoms with Gasteiger partial charge in [-0.1, -0.05) is 105 Å². The third kappa shape index (κ3) is 6.83. The van der Waals surface area contributed by atoms with E-state index in [1.165, 1.54) is 0 Å². The summed E-state index contributed by atoms with van der Waals surface area (Å²) >= 11 is 0. The molecule has 1 heterocycles. The zero-order chi connectivity index (χ0) is 27.8. The molecule has 4 rings (SSSR count). The number of nitrogens with one attached hydrogen (secondary N) is 3. The summed E-state index contributed by atoms with van der Waals surface area (Å²) in [5.74, 6) is -1.36. The van der Waals surface area contributed by atoms with Crippen LogP contribution in [0.1, 0.15) is 30.5 Å². The Labute approximate surface area is 228 Å². The van der Waals surface area contributed by atoms with Crippen molar-refractivity contribution >= 4 is 17.9 Å². The smallest absolute Gasteiger partial charge is 0.408 e. The Balaban J connectivity index is 1.53. The maximum Gasteiger partial charge on any atom is 0.408 e. The highest BCUT2D eigenvalue weighted by Gasteiger charge is 2.56. The highest BCUT2D eigenvalue weighted by molar-refractivity contribution is 5.97. The van der Waals surface area contributed by atoms with Crippen LogP contribution in [0.4, 0.5) is 4.79 Å². The van der Waals surface area contributed by atoms with Gasteiger partial charge in [0, 0.05) is 6.42 Å². The molecular formula is C31H35N3O5. The van der Waals surface area contributed by atoms with Gasteiger partial charge < -0.3 is 25.8 Å². The molecule has 3 amide bonds. The van der Waals surface area contributed by atoms with Crippen LogP contribution in [0.5, 0.6) is 0 Å². The second kappa shape index (κ2) is 12.6. The SMILES string of the molecule is CC(C)[C@H](NC(=O)OCc1ccccc1)C(=O)N[C@]1(Cc2ccccc2)C(=O)N[C@@H](Cc2ccccc2)C1O. The molecule has 0 saturated carbocycles. The summed E-state index contributed by atoms with van der Waals surface area (Å²) in [6.45, 7) is 3.63. The lowest BCUT2D eigenvalue weighted by molar-refractivity contribution is -0.135. The second-order valence-corrected chi connectivity index (χ2v) is 10.3. The van der Waals surface area contributed by atoms with E-state index in [9.17, 15) is 19.5 Å². The van der Waals surface area contributed by atoms with E-state index < -0.39 is 41.6 Å². The van der Waals surface area contributed by atoms with Crippen LogP contribution >= 0.6 is 0 Å². The first kappa shape index (κ1) is 27.9. The monoisotopic (exact) mass is 529 g/mol. The van der Waals surface area contributed by atoms with Crippen molar-refractivity contribution in [2.24, 2.45) is 5.92 Å². The van der Waals surface area contributed by atoms with E-state index in [-0.39, 0.29) is 18.9 Å². The van der Waals surface area contributed by atoms with Gasteiger partial charge in [0.05, 0.1) is 6.04 Å². The first-order valence-corrected chi connectivity index (χ1v) is 13.1. The van der Waals surface area contributed by atoms with Gasteiger partial charge in [0.1, 0.15) is 18.8 Å². The molecule has 8 heteroatoms. The summed E-state index contributed by atoms with van der Waals surface area (Å²) in [5.41, 5.74) is 0.922. The quantitative estimate of drug-likeness (QED) is 0.322. The highest BCUT2D eigenvalue weighted by Crippen LogP contribution is 2.29. The predicted octanol–water partition coefficient (Wildman–Crippen LogP) is 3.14. The minimum Gasteiger partial charge on any atom is -0.445 e. The molecule has 0 aliphatic carbocycles. The van der Waals surface area contributed by atoms with E-state index in [4.69, 9.17) is 4.74 Å². The van der Waals surface area contributed by atoms with Gasteiger partial charge in [-0.25, -0.2) is 4.79 Å². The summed E-state index contributed by atoms with van der Waals surface area (Å²) in [7, 11) is 0. The fourth-order valence-electron chi connectivity index (χ4n) is 4.89. The van der Waals surface area contributed by atoms with E-state index in [0.29, 0.717) is 6.42 Å². The summed E-state index contributed by atoms with van der Waals surface area (Å²) < 4.78 is 5.32. The lowest BCUT2D eigenvalue weighted by Gasteiger charge is -2.34. The summed E-state index contributed by atoms with van der Waals surface area (Å²) in [5, 5.41) is 19.9. The molecule has 1 saturated heterocycles. The normalized spacial score (nSPS) is 21.2. The van der Waals surface area contributed by atoms with Crippen molar-refractivity contribution in [2.45, 2.75) is 57.0 Å². The predicted molar refractivity (Wildman–Crippen MR) is 147 cm³/mol. The number of amides is 3. The van der Waals surface area contributed by atoms with Crippen LogP contribution in [-0.4, -0.2) is 46.7 Å². The molecular weight excluding hydrogens is 494 g/mol. The molecule has 3 aromatic rings. The number of hydrogen-bond acceptors (Lipinski definition) is 5. The van der Waals surface area contributed by atoms with Crippen molar-refractivity contribution in [1.82, 2.24) is 16.0 Å². The second-order valence-electron chi connectivity index (χ2n) is 10.3. The Kier molecular flexibility index (Phi) is 8.99. The van der Waals surface area contributed by atoms with Gasteiger partial charge in [-0.15, -0.1) is 0 Å². The van der Waals surface area contributed by atoms with Gasteiger partial charge in [0.25, 0.3) is 0 Å². The number of aliphatic hydroxyl groups is 1. The Morgan fingerprint density at radius 2 is 1.44 bits per heavy atom. The Morgan fingerprint density at radius 1 is 0.897 bits per heavy atom. The maximum absolute atomic E-state index is 13.6. The fraction of sp³-hybridized carbons (Fsp3) is 0.323. The molecule has 1 aliphatic heterocycles. The summed E-state index contributed by atoms with van der Waals surface area (Å²) in [6, 6.07) is 26.4. The number of carbonyl (C=O) groups is 3. The number of carbonyl (C=O) groups excluding carboxylic acids is 3. The molecule has 0 bridgehead atoms. The van der Waals surface area contributed by atoms with Gasteiger partial charge >= 0.3 is 6.09 Å². The lowest BCUT2D eigenvalue weighted by Crippen LogP contribution is -2.65. The highest BCUT2D eigenvalue weighted by atomic mass is 16.5. The van der Waals surface area contributed by atoms with Crippen molar-refractivity contribution in [1.29, 1.82) is 0 Å². The van der Waals surface area contributed by atoms with Gasteiger partial charge in [-0.2, -0.15) is 0 Å². The van der Waals surface area contributed by atoms with Gasteiger partial charge in [0.15, 0.2) is 5.54 Å². The van der Waals surface area contributed by atoms with Gasteiger partial charge in [0.2, 0.25) is 11.8 Å². The number of aliphatic hydroxyl groups excluding tert-OH is 1. The van der Waals surface area contributed by atoms with Crippen molar-refractivity contribution in [3.63, 3.8) is 0 Å². The number of alkyl carbamates (subject to hydrolysis) is 1. The van der Waals surface area contributed by atoms with E-state index >= 15 is 0 Å². The van der Waals surface area contributed by atoms with Crippen molar-refractivity contribution in [3.05, 3.63) is 108 Å². The number of rotatable bonds is 10. The van der Waals surface area contributed by atoms with Crippen LogP contribution < -0.4 is 16.0 Å². The average molecular weight is 530 g/mol. The van der Waals surface area contributed by atoms with Crippen LogP contribution in [-0.2, 0) is 33.8 Å².